The van der Waals surface area contributed by atoms with Gasteiger partial charge in [0.25, 0.3) is 5.91 Å². The van der Waals surface area contributed by atoms with Crippen LogP contribution in [0.5, 0.6) is 5.75 Å². The van der Waals surface area contributed by atoms with Crippen LogP contribution in [0.3, 0.4) is 0 Å². The van der Waals surface area contributed by atoms with Gasteiger partial charge in [0.1, 0.15) is 5.75 Å². The van der Waals surface area contributed by atoms with Gasteiger partial charge in [0, 0.05) is 23.7 Å². The van der Waals surface area contributed by atoms with Crippen LogP contribution in [-0.2, 0) is 6.54 Å². The maximum Gasteiger partial charge on any atom is 0.256 e. The molecule has 38 heavy (non-hydrogen) atoms. The lowest BCUT2D eigenvalue weighted by Gasteiger charge is -2.10. The third-order valence-electron chi connectivity index (χ3n) is 6.87. The Hall–Kier alpha value is -2.18. The molecule has 0 unspecified atom stereocenters. The Labute approximate surface area is 244 Å². The SMILES string of the molecule is CCCCCCCCCCCCCCOc1ccc(NC(=O)c2ccccc2C[n+]2ccsc2C)cc1.[Br-]. The minimum Gasteiger partial charge on any atom is -1.00 e. The number of halogens is 1. The van der Waals surface area contributed by atoms with Crippen molar-refractivity contribution < 1.29 is 31.1 Å². The summed E-state index contributed by atoms with van der Waals surface area (Å²) in [5, 5.41) is 6.32. The largest absolute Gasteiger partial charge is 1.00 e. The highest BCUT2D eigenvalue weighted by atomic mass is 79.9. The van der Waals surface area contributed by atoms with E-state index in [1.807, 2.05) is 48.5 Å². The maximum absolute atomic E-state index is 13.0. The number of anilines is 1. The van der Waals surface area contributed by atoms with E-state index in [2.05, 4.69) is 35.3 Å². The van der Waals surface area contributed by atoms with Crippen LogP contribution in [-0.4, -0.2) is 12.5 Å². The van der Waals surface area contributed by atoms with Crippen LogP contribution in [0.4, 0.5) is 5.69 Å². The van der Waals surface area contributed by atoms with Crippen LogP contribution < -0.4 is 31.6 Å². The number of rotatable bonds is 18. The molecule has 1 amide bonds. The van der Waals surface area contributed by atoms with Gasteiger partial charge in [0.15, 0.2) is 12.7 Å². The first-order valence-electron chi connectivity index (χ1n) is 14.2. The lowest BCUT2D eigenvalue weighted by Crippen LogP contribution is -3.00. The topological polar surface area (TPSA) is 42.2 Å². The number of amides is 1. The van der Waals surface area contributed by atoms with Gasteiger partial charge in [-0.1, -0.05) is 107 Å². The Morgan fingerprint density at radius 1 is 0.842 bits per heavy atom. The van der Waals surface area contributed by atoms with Crippen LogP contribution in [0, 0.1) is 6.92 Å². The summed E-state index contributed by atoms with van der Waals surface area (Å²) < 4.78 is 8.08. The monoisotopic (exact) mass is 600 g/mol. The fraction of sp³-hybridized carbons (Fsp3) is 0.500. The first-order valence-corrected chi connectivity index (χ1v) is 15.1. The lowest BCUT2D eigenvalue weighted by atomic mass is 10.1. The molecule has 1 heterocycles. The van der Waals surface area contributed by atoms with E-state index in [1.54, 1.807) is 11.3 Å². The van der Waals surface area contributed by atoms with E-state index in [9.17, 15) is 4.79 Å². The van der Waals surface area contributed by atoms with Crippen molar-refractivity contribution in [2.45, 2.75) is 97.4 Å². The summed E-state index contributed by atoms with van der Waals surface area (Å²) in [7, 11) is 0. The number of benzene rings is 2. The van der Waals surface area contributed by atoms with Gasteiger partial charge in [0.2, 0.25) is 5.01 Å². The number of carbonyl (C=O) groups is 1. The number of hydrogen-bond acceptors (Lipinski definition) is 3. The number of aromatic nitrogens is 1. The Kier molecular flexibility index (Phi) is 16.0. The number of ether oxygens (including phenoxy) is 1. The highest BCUT2D eigenvalue weighted by Crippen LogP contribution is 2.19. The fourth-order valence-electron chi connectivity index (χ4n) is 4.57. The number of thiazole rings is 1. The maximum atomic E-state index is 13.0. The van der Waals surface area contributed by atoms with Crippen molar-refractivity contribution in [1.82, 2.24) is 0 Å². The van der Waals surface area contributed by atoms with Crippen LogP contribution in [0.25, 0.3) is 0 Å². The summed E-state index contributed by atoms with van der Waals surface area (Å²) in [5.41, 5.74) is 2.48. The summed E-state index contributed by atoms with van der Waals surface area (Å²) in [6.45, 7) is 5.80. The van der Waals surface area contributed by atoms with Gasteiger partial charge < -0.3 is 27.0 Å². The zero-order chi connectivity index (χ0) is 26.1. The Bertz CT molecular complexity index is 1050. The first kappa shape index (κ1) is 32.0. The van der Waals surface area contributed by atoms with Crippen LogP contribution in [0.1, 0.15) is 105 Å². The molecule has 3 aromatic rings. The first-order chi connectivity index (χ1) is 18.2. The molecular weight excluding hydrogens is 556 g/mol. The second kappa shape index (κ2) is 19.0. The van der Waals surface area contributed by atoms with E-state index in [0.29, 0.717) is 12.1 Å². The molecule has 1 aromatic heterocycles. The third kappa shape index (κ3) is 11.7. The van der Waals surface area contributed by atoms with E-state index in [4.69, 9.17) is 4.74 Å². The van der Waals surface area contributed by atoms with E-state index in [0.717, 1.165) is 30.0 Å². The van der Waals surface area contributed by atoms with Gasteiger partial charge in [-0.3, -0.25) is 4.79 Å². The van der Waals surface area contributed by atoms with Gasteiger partial charge in [-0.05, 0) is 36.8 Å². The normalized spacial score (nSPS) is 10.7. The van der Waals surface area contributed by atoms with Crippen molar-refractivity contribution >= 4 is 22.9 Å². The zero-order valence-electron chi connectivity index (χ0n) is 23.2. The number of aryl methyl sites for hydroxylation is 1. The summed E-state index contributed by atoms with van der Waals surface area (Å²) in [5.74, 6) is 0.764. The molecule has 0 radical (unpaired) electrons. The summed E-state index contributed by atoms with van der Waals surface area (Å²) >= 11 is 1.71. The smallest absolute Gasteiger partial charge is 0.256 e. The van der Waals surface area contributed by atoms with Crippen LogP contribution >= 0.6 is 11.3 Å². The average molecular weight is 602 g/mol. The van der Waals surface area contributed by atoms with Crippen molar-refractivity contribution in [2.24, 2.45) is 0 Å². The molecular formula is C32H45BrN2O2S. The number of carbonyl (C=O) groups excluding carboxylic acids is 1. The molecule has 0 atom stereocenters. The summed E-state index contributed by atoms with van der Waals surface area (Å²) in [6.07, 6.45) is 18.2. The quantitative estimate of drug-likeness (QED) is 0.150. The highest BCUT2D eigenvalue weighted by Gasteiger charge is 2.16. The molecule has 2 aromatic carbocycles. The molecule has 0 spiro atoms. The number of nitrogens with one attached hydrogen (secondary N) is 1. The van der Waals surface area contributed by atoms with E-state index >= 15 is 0 Å². The molecule has 0 aliphatic rings. The van der Waals surface area contributed by atoms with E-state index in [1.165, 1.54) is 75.6 Å². The van der Waals surface area contributed by atoms with Crippen molar-refractivity contribution in [2.75, 3.05) is 11.9 Å². The number of unbranched alkanes of at least 4 members (excludes halogenated alkanes) is 11. The standard InChI is InChI=1S/C32H44N2O2S.BrH/c1-3-4-5-6-7-8-9-10-11-12-13-16-24-36-30-21-19-29(20-22-30)33-32(35)31-18-15-14-17-28(31)26-34-23-25-37-27(34)2;/h14-15,17-23,25H,3-13,16,24,26H2,1-2H3;1H. The average Bonchev–Trinajstić information content (AvgIpc) is 3.32. The lowest BCUT2D eigenvalue weighted by molar-refractivity contribution is -0.689. The molecule has 208 valence electrons. The van der Waals surface area contributed by atoms with E-state index < -0.39 is 0 Å². The fourth-order valence-corrected chi connectivity index (χ4v) is 5.23. The van der Waals surface area contributed by atoms with Crippen molar-refractivity contribution in [3.05, 3.63) is 76.2 Å². The van der Waals surface area contributed by atoms with Crippen molar-refractivity contribution in [3.8, 4) is 5.75 Å². The van der Waals surface area contributed by atoms with Gasteiger partial charge in [-0.2, -0.15) is 4.57 Å². The summed E-state index contributed by atoms with van der Waals surface area (Å²) in [4.78, 5) is 13.0. The molecule has 0 fully saturated rings. The Morgan fingerprint density at radius 2 is 1.45 bits per heavy atom. The van der Waals surface area contributed by atoms with Gasteiger partial charge in [-0.15, -0.1) is 0 Å². The molecule has 0 bridgehead atoms. The van der Waals surface area contributed by atoms with Crippen molar-refractivity contribution in [1.29, 1.82) is 0 Å². The predicted octanol–water partition coefficient (Wildman–Crippen LogP) is 5.73. The molecule has 3 rings (SSSR count). The van der Waals surface area contributed by atoms with E-state index in [-0.39, 0.29) is 22.9 Å². The molecule has 0 aliphatic heterocycles. The minimum absolute atomic E-state index is 0. The van der Waals surface area contributed by atoms with Crippen LogP contribution in [0.15, 0.2) is 60.1 Å². The molecule has 0 saturated carbocycles. The second-order valence-corrected chi connectivity index (χ2v) is 11.0. The minimum atomic E-state index is -0.0887. The Morgan fingerprint density at radius 3 is 2.05 bits per heavy atom. The van der Waals surface area contributed by atoms with Gasteiger partial charge in [0.05, 0.1) is 12.0 Å². The molecule has 0 saturated heterocycles. The second-order valence-electron chi connectivity index (χ2n) is 9.92. The predicted molar refractivity (Wildman–Crippen MR) is 156 cm³/mol. The molecule has 1 N–H and O–H groups in total. The number of hydrogen-bond donors (Lipinski definition) is 1. The highest BCUT2D eigenvalue weighted by molar-refractivity contribution is 7.09. The van der Waals surface area contributed by atoms with Gasteiger partial charge in [-0.25, -0.2) is 0 Å². The zero-order valence-corrected chi connectivity index (χ0v) is 25.6. The molecule has 0 aliphatic carbocycles. The molecule has 4 nitrogen and oxygen atoms in total. The van der Waals surface area contributed by atoms with Crippen molar-refractivity contribution in [3.63, 3.8) is 0 Å². The number of nitrogens with zero attached hydrogens (tertiary/aromatic N) is 1. The van der Waals surface area contributed by atoms with Gasteiger partial charge >= 0.3 is 0 Å². The third-order valence-corrected chi connectivity index (χ3v) is 7.70. The Balaban J connectivity index is 0.00000507. The molecule has 6 heteroatoms. The summed E-state index contributed by atoms with van der Waals surface area (Å²) in [6, 6.07) is 15.5. The van der Waals surface area contributed by atoms with Crippen LogP contribution in [0.2, 0.25) is 0 Å².